The summed E-state index contributed by atoms with van der Waals surface area (Å²) in [6.07, 6.45) is 4.10. The smallest absolute Gasteiger partial charge is 0.0250 e. The minimum atomic E-state index is 0.759. The molecule has 0 aromatic heterocycles. The summed E-state index contributed by atoms with van der Waals surface area (Å²) in [5.41, 5.74) is 0. The normalized spacial score (nSPS) is 26.1. The van der Waals surface area contributed by atoms with Crippen molar-refractivity contribution in [2.24, 2.45) is 0 Å². The van der Waals surface area contributed by atoms with Gasteiger partial charge in [-0.3, -0.25) is 0 Å². The van der Waals surface area contributed by atoms with E-state index in [2.05, 4.69) is 49.3 Å². The van der Waals surface area contributed by atoms with Gasteiger partial charge in [-0.1, -0.05) is 24.6 Å². The van der Waals surface area contributed by atoms with E-state index in [1.807, 2.05) is 11.8 Å². The SMILES string of the molecule is CN(C)C1CCCC1Sc1ccccc1. The molecule has 0 amide bonds. The molecule has 2 unspecified atom stereocenters. The second-order valence-electron chi connectivity index (χ2n) is 4.43. The summed E-state index contributed by atoms with van der Waals surface area (Å²) in [7, 11) is 4.41. The lowest BCUT2D eigenvalue weighted by Crippen LogP contribution is -2.32. The molecule has 1 aromatic rings. The van der Waals surface area contributed by atoms with Gasteiger partial charge in [0, 0.05) is 16.2 Å². The molecule has 0 radical (unpaired) electrons. The van der Waals surface area contributed by atoms with E-state index in [0.29, 0.717) is 0 Å². The molecule has 0 bridgehead atoms. The van der Waals surface area contributed by atoms with Crippen molar-refractivity contribution >= 4 is 11.8 Å². The maximum atomic E-state index is 2.38. The van der Waals surface area contributed by atoms with Crippen LogP contribution in [0.4, 0.5) is 0 Å². The van der Waals surface area contributed by atoms with Crippen molar-refractivity contribution < 1.29 is 0 Å². The molecule has 0 heterocycles. The maximum Gasteiger partial charge on any atom is 0.0250 e. The lowest BCUT2D eigenvalue weighted by atomic mass is 10.2. The number of rotatable bonds is 3. The molecular formula is C13H19NS. The van der Waals surface area contributed by atoms with Crippen molar-refractivity contribution in [2.75, 3.05) is 14.1 Å². The highest BCUT2D eigenvalue weighted by Crippen LogP contribution is 2.36. The molecule has 0 saturated heterocycles. The van der Waals surface area contributed by atoms with E-state index in [1.54, 1.807) is 0 Å². The van der Waals surface area contributed by atoms with Gasteiger partial charge >= 0.3 is 0 Å². The Morgan fingerprint density at radius 3 is 2.53 bits per heavy atom. The first-order valence-electron chi connectivity index (χ1n) is 5.65. The molecule has 2 rings (SSSR count). The van der Waals surface area contributed by atoms with Gasteiger partial charge in [-0.2, -0.15) is 0 Å². The molecule has 2 heteroatoms. The zero-order valence-corrected chi connectivity index (χ0v) is 10.3. The molecule has 0 spiro atoms. The minimum absolute atomic E-state index is 0.759. The molecule has 0 aliphatic heterocycles. The van der Waals surface area contributed by atoms with E-state index in [4.69, 9.17) is 0 Å². The fourth-order valence-corrected chi connectivity index (χ4v) is 3.79. The standard InChI is InChI=1S/C13H19NS/c1-14(2)12-9-6-10-13(12)15-11-7-4-3-5-8-11/h3-5,7-8,12-13H,6,9-10H2,1-2H3. The fraction of sp³-hybridized carbons (Fsp3) is 0.538. The van der Waals surface area contributed by atoms with Crippen LogP contribution in [-0.4, -0.2) is 30.3 Å². The number of hydrogen-bond donors (Lipinski definition) is 0. The van der Waals surface area contributed by atoms with E-state index in [1.165, 1.54) is 24.2 Å². The predicted octanol–water partition coefficient (Wildman–Crippen LogP) is 3.26. The van der Waals surface area contributed by atoms with Crippen LogP contribution < -0.4 is 0 Å². The summed E-state index contributed by atoms with van der Waals surface area (Å²) < 4.78 is 0. The van der Waals surface area contributed by atoms with Crippen LogP contribution in [0.15, 0.2) is 35.2 Å². The number of hydrogen-bond acceptors (Lipinski definition) is 2. The van der Waals surface area contributed by atoms with Gasteiger partial charge in [0.05, 0.1) is 0 Å². The van der Waals surface area contributed by atoms with Crippen LogP contribution in [0.2, 0.25) is 0 Å². The van der Waals surface area contributed by atoms with Crippen molar-refractivity contribution in [1.29, 1.82) is 0 Å². The van der Waals surface area contributed by atoms with Gasteiger partial charge in [0.1, 0.15) is 0 Å². The summed E-state index contributed by atoms with van der Waals surface area (Å²) in [6.45, 7) is 0. The van der Waals surface area contributed by atoms with Crippen LogP contribution in [0.3, 0.4) is 0 Å². The Morgan fingerprint density at radius 1 is 1.13 bits per heavy atom. The molecule has 82 valence electrons. The van der Waals surface area contributed by atoms with Gasteiger partial charge in [0.25, 0.3) is 0 Å². The highest BCUT2D eigenvalue weighted by Gasteiger charge is 2.29. The van der Waals surface area contributed by atoms with Crippen LogP contribution >= 0.6 is 11.8 Å². The Hall–Kier alpha value is -0.470. The van der Waals surface area contributed by atoms with E-state index in [-0.39, 0.29) is 0 Å². The molecule has 1 aromatic carbocycles. The summed E-state index contributed by atoms with van der Waals surface area (Å²) in [5.74, 6) is 0. The van der Waals surface area contributed by atoms with Crippen LogP contribution in [0.25, 0.3) is 0 Å². The zero-order chi connectivity index (χ0) is 10.7. The van der Waals surface area contributed by atoms with Crippen molar-refractivity contribution in [3.05, 3.63) is 30.3 Å². The Balaban J connectivity index is 2.00. The van der Waals surface area contributed by atoms with Crippen LogP contribution in [-0.2, 0) is 0 Å². The molecule has 1 aliphatic carbocycles. The molecule has 0 N–H and O–H groups in total. The predicted molar refractivity (Wildman–Crippen MR) is 67.4 cm³/mol. The first-order valence-corrected chi connectivity index (χ1v) is 6.53. The van der Waals surface area contributed by atoms with E-state index >= 15 is 0 Å². The Kier molecular flexibility index (Phi) is 3.71. The summed E-state index contributed by atoms with van der Waals surface area (Å²) in [6, 6.07) is 11.5. The van der Waals surface area contributed by atoms with Gasteiger partial charge in [-0.15, -0.1) is 11.8 Å². The van der Waals surface area contributed by atoms with Gasteiger partial charge in [0.2, 0.25) is 0 Å². The summed E-state index contributed by atoms with van der Waals surface area (Å²) in [4.78, 5) is 3.80. The molecule has 1 saturated carbocycles. The van der Waals surface area contributed by atoms with Gasteiger partial charge in [-0.05, 0) is 39.1 Å². The second kappa shape index (κ2) is 5.04. The molecule has 1 nitrogen and oxygen atoms in total. The molecular weight excluding hydrogens is 202 g/mol. The molecule has 1 fully saturated rings. The zero-order valence-electron chi connectivity index (χ0n) is 9.52. The Bertz CT molecular complexity index is 297. The average Bonchev–Trinajstić information content (AvgIpc) is 2.67. The third-order valence-corrected chi connectivity index (χ3v) is 4.51. The topological polar surface area (TPSA) is 3.24 Å². The first-order chi connectivity index (χ1) is 7.27. The molecule has 15 heavy (non-hydrogen) atoms. The lowest BCUT2D eigenvalue weighted by molar-refractivity contribution is 0.304. The first kappa shape index (κ1) is 11.0. The Labute approximate surface area is 96.9 Å². The van der Waals surface area contributed by atoms with Crippen LogP contribution in [0.1, 0.15) is 19.3 Å². The third-order valence-electron chi connectivity index (χ3n) is 3.11. The minimum Gasteiger partial charge on any atom is -0.305 e. The van der Waals surface area contributed by atoms with E-state index in [9.17, 15) is 0 Å². The van der Waals surface area contributed by atoms with Crippen LogP contribution in [0, 0.1) is 0 Å². The monoisotopic (exact) mass is 221 g/mol. The van der Waals surface area contributed by atoms with Crippen molar-refractivity contribution in [3.63, 3.8) is 0 Å². The summed E-state index contributed by atoms with van der Waals surface area (Å²) in [5, 5.41) is 0.780. The fourth-order valence-electron chi connectivity index (χ4n) is 2.31. The Morgan fingerprint density at radius 2 is 1.87 bits per heavy atom. The number of thioether (sulfide) groups is 1. The third kappa shape index (κ3) is 2.76. The van der Waals surface area contributed by atoms with E-state index < -0.39 is 0 Å². The highest BCUT2D eigenvalue weighted by molar-refractivity contribution is 8.00. The highest BCUT2D eigenvalue weighted by atomic mass is 32.2. The largest absolute Gasteiger partial charge is 0.305 e. The number of benzene rings is 1. The lowest BCUT2D eigenvalue weighted by Gasteiger charge is -2.25. The molecule has 1 aliphatic rings. The van der Waals surface area contributed by atoms with Gasteiger partial charge < -0.3 is 4.90 Å². The molecule has 2 atom stereocenters. The quantitative estimate of drug-likeness (QED) is 0.770. The average molecular weight is 221 g/mol. The summed E-state index contributed by atoms with van der Waals surface area (Å²) >= 11 is 2.05. The van der Waals surface area contributed by atoms with Gasteiger partial charge in [0.15, 0.2) is 0 Å². The maximum absolute atomic E-state index is 2.38. The number of nitrogens with zero attached hydrogens (tertiary/aromatic N) is 1. The van der Waals surface area contributed by atoms with Crippen molar-refractivity contribution in [3.8, 4) is 0 Å². The van der Waals surface area contributed by atoms with Crippen molar-refractivity contribution in [2.45, 2.75) is 35.4 Å². The van der Waals surface area contributed by atoms with Crippen LogP contribution in [0.5, 0.6) is 0 Å². The van der Waals surface area contributed by atoms with Gasteiger partial charge in [-0.25, -0.2) is 0 Å². The van der Waals surface area contributed by atoms with Crippen molar-refractivity contribution in [1.82, 2.24) is 4.90 Å². The second-order valence-corrected chi connectivity index (χ2v) is 5.74. The van der Waals surface area contributed by atoms with E-state index in [0.717, 1.165) is 11.3 Å².